The number of carbonyl (C=O) groups is 1. The first-order valence-corrected chi connectivity index (χ1v) is 3.50. The highest BCUT2D eigenvalue weighted by Gasteiger charge is 2.04. The molecule has 0 aliphatic heterocycles. The number of hydrogen-bond acceptors (Lipinski definition) is 6. The lowest BCUT2D eigenvalue weighted by molar-refractivity contribution is -0.108. The molecular weight excluding hydrogens is 194 g/mol. The summed E-state index contributed by atoms with van der Waals surface area (Å²) in [5.41, 5.74) is -2.51. The summed E-state index contributed by atoms with van der Waals surface area (Å²) in [7, 11) is 0. The summed E-state index contributed by atoms with van der Waals surface area (Å²) in [6.45, 7) is -0.309. The van der Waals surface area contributed by atoms with Gasteiger partial charge in [0, 0.05) is 6.20 Å². The van der Waals surface area contributed by atoms with Crippen molar-refractivity contribution < 1.29 is 10.0 Å². The first-order valence-electron chi connectivity index (χ1n) is 3.50. The van der Waals surface area contributed by atoms with Crippen molar-refractivity contribution in [2.75, 3.05) is 5.23 Å². The van der Waals surface area contributed by atoms with Crippen molar-refractivity contribution in [2.24, 2.45) is 0 Å². The number of anilines is 1. The molecule has 0 aromatic carbocycles. The van der Waals surface area contributed by atoms with Gasteiger partial charge in [0.1, 0.15) is 12.0 Å². The third-order valence-electron chi connectivity index (χ3n) is 1.47. The summed E-state index contributed by atoms with van der Waals surface area (Å²) in [4.78, 5) is 33.7. The van der Waals surface area contributed by atoms with Gasteiger partial charge in [0.15, 0.2) is 0 Å². The molecule has 14 heavy (non-hydrogen) atoms. The lowest BCUT2D eigenvalue weighted by Crippen LogP contribution is -2.33. The highest BCUT2D eigenvalue weighted by atomic mass is 16.8. The summed E-state index contributed by atoms with van der Waals surface area (Å²) in [6.07, 6.45) is 1.21. The van der Waals surface area contributed by atoms with E-state index >= 15 is 0 Å². The predicted molar refractivity (Wildman–Crippen MR) is 45.0 cm³/mol. The number of aldehydes is 1. The minimum absolute atomic E-state index is 0.309. The number of hydrogen-bond donors (Lipinski definition) is 2. The average Bonchev–Trinajstić information content (AvgIpc) is 2.09. The zero-order valence-corrected chi connectivity index (χ0v) is 6.84. The van der Waals surface area contributed by atoms with Gasteiger partial charge in [0.05, 0.1) is 6.54 Å². The Morgan fingerprint density at radius 2 is 2.29 bits per heavy atom. The molecule has 0 aliphatic carbocycles. The zero-order chi connectivity index (χ0) is 10.7. The van der Waals surface area contributed by atoms with E-state index in [1.807, 2.05) is 0 Å². The molecule has 0 spiro atoms. The molecular formula is C6H6N3O5-. The fourth-order valence-corrected chi connectivity index (χ4v) is 0.850. The molecule has 8 heteroatoms. The monoisotopic (exact) mass is 200 g/mol. The second-order valence-electron chi connectivity index (χ2n) is 2.37. The number of nitrogens with one attached hydrogen (secondary N) is 1. The highest BCUT2D eigenvalue weighted by molar-refractivity contribution is 5.49. The van der Waals surface area contributed by atoms with E-state index in [-0.39, 0.29) is 6.54 Å². The predicted octanol–water partition coefficient (Wildman–Crippen LogP) is -1.57. The molecule has 0 saturated carbocycles. The van der Waals surface area contributed by atoms with Crippen LogP contribution < -0.4 is 16.5 Å². The van der Waals surface area contributed by atoms with Crippen LogP contribution >= 0.6 is 0 Å². The van der Waals surface area contributed by atoms with Crippen molar-refractivity contribution >= 4 is 12.0 Å². The van der Waals surface area contributed by atoms with Crippen molar-refractivity contribution in [3.05, 3.63) is 32.2 Å². The van der Waals surface area contributed by atoms with Crippen LogP contribution in [0.1, 0.15) is 0 Å². The van der Waals surface area contributed by atoms with Crippen LogP contribution in [0.4, 0.5) is 5.69 Å². The minimum Gasteiger partial charge on any atom is -0.733 e. The summed E-state index contributed by atoms with van der Waals surface area (Å²) >= 11 is 0. The molecule has 0 fully saturated rings. The fraction of sp³-hybridized carbons (Fsp3) is 0.167. The third kappa shape index (κ3) is 1.87. The van der Waals surface area contributed by atoms with Crippen LogP contribution in [0.3, 0.4) is 0 Å². The van der Waals surface area contributed by atoms with Crippen LogP contribution in [-0.2, 0) is 11.3 Å². The van der Waals surface area contributed by atoms with Gasteiger partial charge in [-0.1, -0.05) is 0 Å². The van der Waals surface area contributed by atoms with Crippen LogP contribution in [0.2, 0.25) is 0 Å². The highest BCUT2D eigenvalue weighted by Crippen LogP contribution is 1.99. The topological polar surface area (TPSA) is 118 Å². The van der Waals surface area contributed by atoms with Gasteiger partial charge in [-0.3, -0.25) is 19.6 Å². The Balaban J connectivity index is 3.34. The van der Waals surface area contributed by atoms with Gasteiger partial charge in [-0.2, -0.15) is 0 Å². The number of nitrogens with zero attached hydrogens (tertiary/aromatic N) is 2. The number of H-pyrrole nitrogens is 1. The van der Waals surface area contributed by atoms with Crippen LogP contribution in [-0.4, -0.2) is 21.0 Å². The van der Waals surface area contributed by atoms with Gasteiger partial charge in [0.2, 0.25) is 0 Å². The van der Waals surface area contributed by atoms with Gasteiger partial charge < -0.3 is 15.2 Å². The van der Waals surface area contributed by atoms with Crippen LogP contribution in [0, 0.1) is 5.21 Å². The maximum Gasteiger partial charge on any atom is 0.328 e. The van der Waals surface area contributed by atoms with E-state index in [4.69, 9.17) is 5.21 Å². The smallest absolute Gasteiger partial charge is 0.328 e. The molecule has 8 nitrogen and oxygen atoms in total. The molecule has 0 bridgehead atoms. The SMILES string of the molecule is O=CCn1cc(N([O-])O)c(=O)[nH]c1=O. The van der Waals surface area contributed by atoms with Gasteiger partial charge in [-0.05, 0) is 0 Å². The molecule has 1 aromatic heterocycles. The Morgan fingerprint density at radius 3 is 2.79 bits per heavy atom. The molecule has 1 heterocycles. The van der Waals surface area contributed by atoms with Crippen molar-refractivity contribution in [2.45, 2.75) is 6.54 Å². The zero-order valence-electron chi connectivity index (χ0n) is 6.84. The standard InChI is InChI=1S/C6H6N3O5/c10-2-1-8-3-4(9(13)14)5(11)7-6(8)12/h2-3,13H,1H2,(H,7,11,12)/q-1. The Kier molecular flexibility index (Phi) is 2.79. The van der Waals surface area contributed by atoms with Crippen molar-refractivity contribution in [1.82, 2.24) is 9.55 Å². The Hall–Kier alpha value is -1.93. The minimum atomic E-state index is -1.02. The molecule has 2 N–H and O–H groups in total. The summed E-state index contributed by atoms with van der Waals surface area (Å²) in [5.74, 6) is 0. The molecule has 0 radical (unpaired) electrons. The van der Waals surface area contributed by atoms with Crippen LogP contribution in [0.25, 0.3) is 0 Å². The summed E-state index contributed by atoms with van der Waals surface area (Å²) < 4.78 is 0.783. The maximum absolute atomic E-state index is 11.0. The van der Waals surface area contributed by atoms with Crippen molar-refractivity contribution in [1.29, 1.82) is 0 Å². The molecule has 76 valence electrons. The molecule has 1 aromatic rings. The average molecular weight is 200 g/mol. The molecule has 0 amide bonds. The fourth-order valence-electron chi connectivity index (χ4n) is 0.850. The number of carbonyl (C=O) groups excluding carboxylic acids is 1. The molecule has 0 unspecified atom stereocenters. The second kappa shape index (κ2) is 3.85. The van der Waals surface area contributed by atoms with E-state index in [9.17, 15) is 19.6 Å². The Bertz CT molecular complexity index is 446. The number of aromatic nitrogens is 2. The molecule has 1 rings (SSSR count). The van der Waals surface area contributed by atoms with E-state index in [1.54, 1.807) is 4.98 Å². The first-order chi connectivity index (χ1) is 6.56. The Morgan fingerprint density at radius 1 is 1.64 bits per heavy atom. The van der Waals surface area contributed by atoms with Gasteiger partial charge in [-0.25, -0.2) is 4.79 Å². The second-order valence-corrected chi connectivity index (χ2v) is 2.37. The number of rotatable bonds is 3. The van der Waals surface area contributed by atoms with Crippen LogP contribution in [0.15, 0.2) is 15.8 Å². The summed E-state index contributed by atoms with van der Waals surface area (Å²) in [5, 5.41) is 18.1. The third-order valence-corrected chi connectivity index (χ3v) is 1.47. The lowest BCUT2D eigenvalue weighted by Gasteiger charge is -2.20. The lowest BCUT2D eigenvalue weighted by atomic mass is 10.5. The van der Waals surface area contributed by atoms with E-state index in [0.29, 0.717) is 6.29 Å². The van der Waals surface area contributed by atoms with Crippen molar-refractivity contribution in [3.8, 4) is 0 Å². The molecule has 0 saturated heterocycles. The first kappa shape index (κ1) is 10.2. The molecule has 0 atom stereocenters. The van der Waals surface area contributed by atoms with E-state index < -0.39 is 22.2 Å². The van der Waals surface area contributed by atoms with Gasteiger partial charge >= 0.3 is 5.69 Å². The quantitative estimate of drug-likeness (QED) is 0.449. The van der Waals surface area contributed by atoms with Crippen molar-refractivity contribution in [3.63, 3.8) is 0 Å². The van der Waals surface area contributed by atoms with E-state index in [1.165, 1.54) is 0 Å². The van der Waals surface area contributed by atoms with Crippen LogP contribution in [0.5, 0.6) is 0 Å². The maximum atomic E-state index is 11.0. The largest absolute Gasteiger partial charge is 0.733 e. The normalized spacial score (nSPS) is 9.86. The van der Waals surface area contributed by atoms with Gasteiger partial charge in [-0.15, -0.1) is 0 Å². The molecule has 0 aliphatic rings. The van der Waals surface area contributed by atoms with E-state index in [2.05, 4.69) is 0 Å². The number of aromatic amines is 1. The summed E-state index contributed by atoms with van der Waals surface area (Å²) in [6, 6.07) is 0. The Labute approximate surface area is 76.6 Å². The van der Waals surface area contributed by atoms with Gasteiger partial charge in [0.25, 0.3) is 5.56 Å². The van der Waals surface area contributed by atoms with E-state index in [0.717, 1.165) is 10.8 Å².